The highest BCUT2D eigenvalue weighted by Crippen LogP contribution is 2.16. The number of nitrogens with zero attached hydrogens (tertiary/aromatic N) is 2. The Balaban J connectivity index is 2.63. The first-order valence-electron chi connectivity index (χ1n) is 7.51. The van der Waals surface area contributed by atoms with Crippen molar-refractivity contribution in [1.29, 1.82) is 0 Å². The van der Waals surface area contributed by atoms with E-state index >= 15 is 0 Å². The zero-order valence-corrected chi connectivity index (χ0v) is 14.4. The first-order valence-corrected chi connectivity index (χ1v) is 7.51. The maximum Gasteiger partial charge on any atom is 0.264 e. The summed E-state index contributed by atoms with van der Waals surface area (Å²) in [7, 11) is 3.24. The lowest BCUT2D eigenvalue weighted by atomic mass is 10.1. The van der Waals surface area contributed by atoms with E-state index in [2.05, 4.69) is 32.7 Å². The number of aliphatic imine (C=N–C) groups is 1. The molecular formula is C17H22F3N5. The molecule has 0 aromatic rings. The molecule has 0 aliphatic carbocycles. The van der Waals surface area contributed by atoms with Gasteiger partial charge in [-0.3, -0.25) is 10.4 Å². The van der Waals surface area contributed by atoms with E-state index in [1.54, 1.807) is 20.2 Å². The molecule has 0 radical (unpaired) electrons. The van der Waals surface area contributed by atoms with Crippen LogP contribution in [0.3, 0.4) is 0 Å². The van der Waals surface area contributed by atoms with Gasteiger partial charge in [0.1, 0.15) is 5.83 Å². The lowest BCUT2D eigenvalue weighted by Gasteiger charge is -2.03. The highest BCUT2D eigenvalue weighted by molar-refractivity contribution is 6.26. The van der Waals surface area contributed by atoms with Gasteiger partial charge in [-0.15, -0.1) is 0 Å². The van der Waals surface area contributed by atoms with Gasteiger partial charge in [0.2, 0.25) is 0 Å². The Morgan fingerprint density at radius 1 is 1.44 bits per heavy atom. The average Bonchev–Trinajstić information content (AvgIpc) is 2.94. The van der Waals surface area contributed by atoms with Crippen molar-refractivity contribution in [2.75, 3.05) is 20.6 Å². The van der Waals surface area contributed by atoms with Crippen LogP contribution in [0.25, 0.3) is 0 Å². The standard InChI is InChI=1S/C17H22F3N5/c1-11(2)13(15(19)20)7-5-6-8-23-10-12(18)9-14-16(21-3)24-25-17(14)22-4/h5-7,9-10,15,23H,1,8H2,2-4H3,(H,21,24)(H,22,25)/b6-5-,12-10-,13-7+. The van der Waals surface area contributed by atoms with E-state index in [0.717, 1.165) is 0 Å². The minimum Gasteiger partial charge on any atom is -0.385 e. The minimum atomic E-state index is -2.57. The van der Waals surface area contributed by atoms with Crippen molar-refractivity contribution < 1.29 is 13.2 Å². The molecule has 5 nitrogen and oxygen atoms in total. The number of nitrogens with one attached hydrogen (secondary N) is 3. The van der Waals surface area contributed by atoms with Crippen molar-refractivity contribution in [2.45, 2.75) is 13.3 Å². The molecule has 0 atom stereocenters. The summed E-state index contributed by atoms with van der Waals surface area (Å²) < 4.78 is 39.3. The van der Waals surface area contributed by atoms with E-state index in [1.807, 2.05) is 0 Å². The summed E-state index contributed by atoms with van der Waals surface area (Å²) in [6.07, 6.45) is 4.25. The van der Waals surface area contributed by atoms with E-state index in [0.29, 0.717) is 22.8 Å². The van der Waals surface area contributed by atoms with Crippen LogP contribution in [0.1, 0.15) is 6.92 Å². The summed E-state index contributed by atoms with van der Waals surface area (Å²) in [5.41, 5.74) is 3.37. The van der Waals surface area contributed by atoms with Crippen molar-refractivity contribution >= 4 is 11.7 Å². The van der Waals surface area contributed by atoms with Crippen LogP contribution in [0.2, 0.25) is 0 Å². The largest absolute Gasteiger partial charge is 0.385 e. The predicted octanol–water partition coefficient (Wildman–Crippen LogP) is 2.80. The summed E-state index contributed by atoms with van der Waals surface area (Å²) >= 11 is 0. The van der Waals surface area contributed by atoms with Crippen molar-refractivity contribution in [2.24, 2.45) is 10.1 Å². The van der Waals surface area contributed by atoms with Gasteiger partial charge in [0.25, 0.3) is 6.43 Å². The Labute approximate surface area is 145 Å². The number of amidine groups is 2. The average molecular weight is 353 g/mol. The van der Waals surface area contributed by atoms with E-state index in [-0.39, 0.29) is 12.1 Å². The normalized spacial score (nSPS) is 18.9. The SMILES string of the molecule is C=C(C)/C(=C\C=C/CN/C=C(F)/C=C1/C(NC)=NN/C1=N/C)C(F)F. The van der Waals surface area contributed by atoms with Crippen LogP contribution in [-0.4, -0.2) is 38.7 Å². The molecule has 25 heavy (non-hydrogen) atoms. The lowest BCUT2D eigenvalue weighted by Crippen LogP contribution is -2.21. The number of allylic oxidation sites excluding steroid dienone is 6. The molecule has 0 unspecified atom stereocenters. The van der Waals surface area contributed by atoms with Crippen LogP contribution in [0, 0.1) is 0 Å². The number of alkyl halides is 2. The maximum absolute atomic E-state index is 13.9. The third-order valence-electron chi connectivity index (χ3n) is 3.14. The van der Waals surface area contributed by atoms with Gasteiger partial charge in [0.05, 0.1) is 5.57 Å². The Morgan fingerprint density at radius 3 is 2.72 bits per heavy atom. The highest BCUT2D eigenvalue weighted by atomic mass is 19.3. The number of rotatable bonds is 7. The zero-order valence-electron chi connectivity index (χ0n) is 14.4. The summed E-state index contributed by atoms with van der Waals surface area (Å²) in [6, 6.07) is 0. The van der Waals surface area contributed by atoms with Crippen molar-refractivity contribution in [1.82, 2.24) is 16.1 Å². The number of likely N-dealkylation sites (N-methyl/N-ethyl adjacent to an activating group) is 1. The second-order valence-electron chi connectivity index (χ2n) is 5.02. The second kappa shape index (κ2) is 10.2. The Hall–Kier alpha value is -2.77. The van der Waals surface area contributed by atoms with E-state index in [9.17, 15) is 13.2 Å². The minimum absolute atomic E-state index is 0.123. The molecule has 0 saturated heterocycles. The molecule has 0 fully saturated rings. The topological polar surface area (TPSA) is 60.8 Å². The van der Waals surface area contributed by atoms with Crippen LogP contribution in [-0.2, 0) is 0 Å². The molecule has 0 aromatic heterocycles. The molecule has 1 aliphatic rings. The smallest absolute Gasteiger partial charge is 0.264 e. The van der Waals surface area contributed by atoms with Crippen LogP contribution in [0.5, 0.6) is 0 Å². The Morgan fingerprint density at radius 2 is 2.16 bits per heavy atom. The Kier molecular flexibility index (Phi) is 8.25. The summed E-state index contributed by atoms with van der Waals surface area (Å²) in [5, 5.41) is 9.53. The number of hydrogen-bond acceptors (Lipinski definition) is 4. The van der Waals surface area contributed by atoms with Crippen molar-refractivity contribution in [3.05, 3.63) is 59.6 Å². The predicted molar refractivity (Wildman–Crippen MR) is 96.3 cm³/mol. The third kappa shape index (κ3) is 6.33. The first-order chi connectivity index (χ1) is 11.9. The van der Waals surface area contributed by atoms with Gasteiger partial charge in [0.15, 0.2) is 11.7 Å². The zero-order chi connectivity index (χ0) is 18.8. The van der Waals surface area contributed by atoms with Gasteiger partial charge in [-0.1, -0.05) is 24.8 Å². The van der Waals surface area contributed by atoms with Gasteiger partial charge in [-0.2, -0.15) is 5.10 Å². The number of halogens is 3. The lowest BCUT2D eigenvalue weighted by molar-refractivity contribution is 0.192. The van der Waals surface area contributed by atoms with Gasteiger partial charge < -0.3 is 10.6 Å². The highest BCUT2D eigenvalue weighted by Gasteiger charge is 2.19. The van der Waals surface area contributed by atoms with Crippen LogP contribution < -0.4 is 16.1 Å². The molecule has 3 N–H and O–H groups in total. The molecule has 1 rings (SSSR count). The summed E-state index contributed by atoms with van der Waals surface area (Å²) in [5.74, 6) is 0.410. The van der Waals surface area contributed by atoms with Gasteiger partial charge in [-0.05, 0) is 18.6 Å². The summed E-state index contributed by atoms with van der Waals surface area (Å²) in [4.78, 5) is 3.97. The molecule has 0 spiro atoms. The molecule has 1 heterocycles. The molecular weight excluding hydrogens is 331 g/mol. The van der Waals surface area contributed by atoms with E-state index in [1.165, 1.54) is 31.4 Å². The molecule has 0 saturated carbocycles. The quantitative estimate of drug-likeness (QED) is 0.487. The van der Waals surface area contributed by atoms with Gasteiger partial charge in [0, 0.05) is 32.4 Å². The van der Waals surface area contributed by atoms with E-state index in [4.69, 9.17) is 0 Å². The fourth-order valence-electron chi connectivity index (χ4n) is 1.88. The van der Waals surface area contributed by atoms with Crippen molar-refractivity contribution in [3.8, 4) is 0 Å². The van der Waals surface area contributed by atoms with Gasteiger partial charge >= 0.3 is 0 Å². The molecule has 8 heteroatoms. The first kappa shape index (κ1) is 20.3. The van der Waals surface area contributed by atoms with Gasteiger partial charge in [-0.25, -0.2) is 13.2 Å². The molecule has 1 aliphatic heterocycles. The molecule has 0 aromatic carbocycles. The maximum atomic E-state index is 13.9. The van der Waals surface area contributed by atoms with E-state index < -0.39 is 12.3 Å². The third-order valence-corrected chi connectivity index (χ3v) is 3.14. The van der Waals surface area contributed by atoms with Crippen LogP contribution in [0.4, 0.5) is 13.2 Å². The number of hydrogen-bond donors (Lipinski definition) is 3. The molecule has 0 bridgehead atoms. The monoisotopic (exact) mass is 353 g/mol. The van der Waals surface area contributed by atoms with Crippen molar-refractivity contribution in [3.63, 3.8) is 0 Å². The summed E-state index contributed by atoms with van der Waals surface area (Å²) in [6.45, 7) is 5.29. The fourth-order valence-corrected chi connectivity index (χ4v) is 1.88. The number of hydrazone groups is 1. The fraction of sp³-hybridized carbons (Fsp3) is 0.294. The second-order valence-corrected chi connectivity index (χ2v) is 5.02. The van der Waals surface area contributed by atoms with Crippen LogP contribution in [0.15, 0.2) is 69.7 Å². The molecule has 0 amide bonds. The van der Waals surface area contributed by atoms with Crippen LogP contribution >= 0.6 is 0 Å². The Bertz CT molecular complexity index is 670. The molecule has 136 valence electrons.